The summed E-state index contributed by atoms with van der Waals surface area (Å²) < 4.78 is 33.9. The van der Waals surface area contributed by atoms with Crippen LogP contribution in [0.3, 0.4) is 0 Å². The molecule has 208 valence electrons. The van der Waals surface area contributed by atoms with Gasteiger partial charge in [0.1, 0.15) is 18.3 Å². The Balaban J connectivity index is 2.08. The number of benzene rings is 3. The second kappa shape index (κ2) is 13.7. The van der Waals surface area contributed by atoms with Gasteiger partial charge in [0.05, 0.1) is 27.7 Å². The van der Waals surface area contributed by atoms with Crippen molar-refractivity contribution in [2.75, 3.05) is 24.5 Å². The minimum atomic E-state index is -4.20. The fourth-order valence-corrected chi connectivity index (χ4v) is 5.79. The van der Waals surface area contributed by atoms with E-state index in [-0.39, 0.29) is 33.1 Å². The lowest BCUT2D eigenvalue weighted by atomic mass is 10.1. The Morgan fingerprint density at radius 2 is 1.67 bits per heavy atom. The van der Waals surface area contributed by atoms with E-state index in [1.807, 2.05) is 6.07 Å². The molecule has 0 saturated carbocycles. The molecule has 0 aromatic heterocycles. The third-order valence-corrected chi connectivity index (χ3v) is 8.55. The van der Waals surface area contributed by atoms with Crippen molar-refractivity contribution in [1.29, 1.82) is 0 Å². The lowest BCUT2D eigenvalue weighted by Gasteiger charge is -2.33. The molecule has 1 N–H and O–H groups in total. The second-order valence-electron chi connectivity index (χ2n) is 8.61. The molecule has 0 aliphatic heterocycles. The smallest absolute Gasteiger partial charge is 0.264 e. The predicted molar refractivity (Wildman–Crippen MR) is 154 cm³/mol. The summed E-state index contributed by atoms with van der Waals surface area (Å²) in [7, 11) is -2.66. The zero-order chi connectivity index (χ0) is 28.6. The van der Waals surface area contributed by atoms with E-state index >= 15 is 0 Å². The zero-order valence-electron chi connectivity index (χ0n) is 21.9. The minimum Gasteiger partial charge on any atom is -0.497 e. The Labute approximate surface area is 239 Å². The number of nitrogens with zero attached hydrogens (tertiary/aromatic N) is 2. The molecule has 3 rings (SSSR count). The van der Waals surface area contributed by atoms with Gasteiger partial charge in [0, 0.05) is 13.1 Å². The molecule has 11 heteroatoms. The van der Waals surface area contributed by atoms with E-state index in [1.54, 1.807) is 50.2 Å². The largest absolute Gasteiger partial charge is 0.497 e. The van der Waals surface area contributed by atoms with E-state index in [4.69, 9.17) is 27.9 Å². The molecule has 8 nitrogen and oxygen atoms in total. The summed E-state index contributed by atoms with van der Waals surface area (Å²) >= 11 is 12.3. The molecule has 0 aliphatic carbocycles. The molecule has 0 fully saturated rings. The normalized spacial score (nSPS) is 11.9. The van der Waals surface area contributed by atoms with Gasteiger partial charge in [-0.15, -0.1) is 0 Å². The number of hydrogen-bond acceptors (Lipinski definition) is 5. The molecule has 1 unspecified atom stereocenters. The minimum absolute atomic E-state index is 0.000939. The van der Waals surface area contributed by atoms with Gasteiger partial charge < -0.3 is 15.0 Å². The van der Waals surface area contributed by atoms with Crippen LogP contribution >= 0.6 is 23.2 Å². The first-order valence-corrected chi connectivity index (χ1v) is 14.5. The standard InChI is InChI=1S/C28H31Cl2N3O5S/c1-4-26(28(35)31-5-2)32(18-20-10-9-11-22(16-20)38-3)27(34)19-33(21-14-15-24(29)25(30)17-21)39(36,37)23-12-7-6-8-13-23/h6-17,26H,4-5,18-19H2,1-3H3,(H,31,35). The molecule has 39 heavy (non-hydrogen) atoms. The molecule has 0 heterocycles. The molecular weight excluding hydrogens is 561 g/mol. The summed E-state index contributed by atoms with van der Waals surface area (Å²) in [6.45, 7) is 3.45. The van der Waals surface area contributed by atoms with E-state index in [2.05, 4.69) is 5.32 Å². The molecule has 0 bridgehead atoms. The molecule has 0 radical (unpaired) electrons. The van der Waals surface area contributed by atoms with Crippen LogP contribution in [-0.4, -0.2) is 51.4 Å². The Kier molecular flexibility index (Phi) is 10.6. The molecule has 3 aromatic rings. The fraction of sp³-hybridized carbons (Fsp3) is 0.286. The van der Waals surface area contributed by atoms with Crippen LogP contribution in [-0.2, 0) is 26.2 Å². The molecule has 0 spiro atoms. The third kappa shape index (κ3) is 7.44. The van der Waals surface area contributed by atoms with Crippen LogP contribution < -0.4 is 14.4 Å². The van der Waals surface area contributed by atoms with Crippen LogP contribution in [0.5, 0.6) is 5.75 Å². The number of amides is 2. The number of anilines is 1. The Bertz CT molecular complexity index is 1400. The second-order valence-corrected chi connectivity index (χ2v) is 11.3. The Morgan fingerprint density at radius 1 is 0.949 bits per heavy atom. The lowest BCUT2D eigenvalue weighted by Crippen LogP contribution is -2.52. The molecule has 1 atom stereocenters. The number of hydrogen-bond donors (Lipinski definition) is 1. The van der Waals surface area contributed by atoms with Crippen molar-refractivity contribution in [1.82, 2.24) is 10.2 Å². The van der Waals surface area contributed by atoms with Gasteiger partial charge in [-0.25, -0.2) is 8.42 Å². The van der Waals surface area contributed by atoms with Crippen molar-refractivity contribution < 1.29 is 22.7 Å². The van der Waals surface area contributed by atoms with Crippen molar-refractivity contribution in [3.8, 4) is 5.75 Å². The Hall–Kier alpha value is -3.27. The zero-order valence-corrected chi connectivity index (χ0v) is 24.3. The van der Waals surface area contributed by atoms with Crippen LogP contribution in [0.25, 0.3) is 0 Å². The quantitative estimate of drug-likeness (QED) is 0.314. The number of sulfonamides is 1. The van der Waals surface area contributed by atoms with E-state index in [9.17, 15) is 18.0 Å². The highest BCUT2D eigenvalue weighted by molar-refractivity contribution is 7.92. The summed E-state index contributed by atoms with van der Waals surface area (Å²) in [6, 6.07) is 18.4. The van der Waals surface area contributed by atoms with Gasteiger partial charge in [0.2, 0.25) is 11.8 Å². The molecular formula is C28H31Cl2N3O5S. The molecule has 3 aromatic carbocycles. The SMILES string of the molecule is CCNC(=O)C(CC)N(Cc1cccc(OC)c1)C(=O)CN(c1ccc(Cl)c(Cl)c1)S(=O)(=O)c1ccccc1. The highest BCUT2D eigenvalue weighted by Crippen LogP contribution is 2.31. The van der Waals surface area contributed by atoms with E-state index < -0.39 is 28.5 Å². The van der Waals surface area contributed by atoms with Gasteiger partial charge in [-0.1, -0.05) is 60.5 Å². The number of methoxy groups -OCH3 is 1. The van der Waals surface area contributed by atoms with Crippen LogP contribution in [0, 0.1) is 0 Å². The average Bonchev–Trinajstić information content (AvgIpc) is 2.93. The number of carbonyl (C=O) groups is 2. The van der Waals surface area contributed by atoms with E-state index in [1.165, 1.54) is 42.3 Å². The van der Waals surface area contributed by atoms with E-state index in [0.29, 0.717) is 18.7 Å². The highest BCUT2D eigenvalue weighted by atomic mass is 35.5. The van der Waals surface area contributed by atoms with Gasteiger partial charge in [0.25, 0.3) is 10.0 Å². The first-order valence-electron chi connectivity index (χ1n) is 12.3. The van der Waals surface area contributed by atoms with Crippen molar-refractivity contribution in [3.63, 3.8) is 0 Å². The number of rotatable bonds is 12. The van der Waals surface area contributed by atoms with Crippen molar-refractivity contribution in [2.24, 2.45) is 0 Å². The summed E-state index contributed by atoms with van der Waals surface area (Å²) in [5, 5.41) is 3.15. The summed E-state index contributed by atoms with van der Waals surface area (Å²) in [5.41, 5.74) is 0.881. The number of likely N-dealkylation sites (N-methyl/N-ethyl adjacent to an activating group) is 1. The maximum absolute atomic E-state index is 14.0. The Morgan fingerprint density at radius 3 is 2.28 bits per heavy atom. The maximum atomic E-state index is 14.0. The summed E-state index contributed by atoms with van der Waals surface area (Å²) in [5.74, 6) is -0.306. The van der Waals surface area contributed by atoms with Crippen LogP contribution in [0.1, 0.15) is 25.8 Å². The molecule has 2 amide bonds. The van der Waals surface area contributed by atoms with Gasteiger partial charge in [0.15, 0.2) is 0 Å². The van der Waals surface area contributed by atoms with Crippen LogP contribution in [0.4, 0.5) is 5.69 Å². The van der Waals surface area contributed by atoms with Gasteiger partial charge in [-0.2, -0.15) is 0 Å². The summed E-state index contributed by atoms with van der Waals surface area (Å²) in [4.78, 5) is 28.4. The van der Waals surface area contributed by atoms with Crippen molar-refractivity contribution >= 4 is 50.7 Å². The number of ether oxygens (including phenoxy) is 1. The van der Waals surface area contributed by atoms with Gasteiger partial charge in [-0.3, -0.25) is 13.9 Å². The number of carbonyl (C=O) groups excluding carboxylic acids is 2. The first kappa shape index (κ1) is 30.3. The number of nitrogens with one attached hydrogen (secondary N) is 1. The predicted octanol–water partition coefficient (Wildman–Crippen LogP) is 5.14. The summed E-state index contributed by atoms with van der Waals surface area (Å²) in [6.07, 6.45) is 0.319. The maximum Gasteiger partial charge on any atom is 0.264 e. The van der Waals surface area contributed by atoms with Crippen molar-refractivity contribution in [3.05, 3.63) is 88.4 Å². The fourth-order valence-electron chi connectivity index (χ4n) is 4.07. The topological polar surface area (TPSA) is 96.0 Å². The highest BCUT2D eigenvalue weighted by Gasteiger charge is 2.33. The first-order chi connectivity index (χ1) is 18.6. The van der Waals surface area contributed by atoms with Gasteiger partial charge >= 0.3 is 0 Å². The van der Waals surface area contributed by atoms with Crippen molar-refractivity contribution in [2.45, 2.75) is 37.8 Å². The molecule has 0 saturated heterocycles. The van der Waals surface area contributed by atoms with Crippen LogP contribution in [0.15, 0.2) is 77.7 Å². The number of halogens is 2. The molecule has 0 aliphatic rings. The van der Waals surface area contributed by atoms with E-state index in [0.717, 1.165) is 9.87 Å². The lowest BCUT2D eigenvalue weighted by molar-refractivity contribution is -0.140. The monoisotopic (exact) mass is 591 g/mol. The average molecular weight is 593 g/mol. The van der Waals surface area contributed by atoms with Crippen LogP contribution in [0.2, 0.25) is 10.0 Å². The third-order valence-electron chi connectivity index (χ3n) is 6.03. The van der Waals surface area contributed by atoms with Gasteiger partial charge in [-0.05, 0) is 61.4 Å².